The molecule has 2 aromatic rings. The molecule has 0 spiro atoms. The molecule has 0 aromatic heterocycles. The Morgan fingerprint density at radius 2 is 1.79 bits per heavy atom. The van der Waals surface area contributed by atoms with E-state index in [1.165, 1.54) is 44.3 Å². The second-order valence-electron chi connectivity index (χ2n) is 5.06. The molecule has 0 bridgehead atoms. The van der Waals surface area contributed by atoms with Gasteiger partial charge in [0.05, 0.1) is 27.7 Å². The van der Waals surface area contributed by atoms with E-state index in [1.807, 2.05) is 6.92 Å². The van der Waals surface area contributed by atoms with Crippen molar-refractivity contribution in [3.63, 3.8) is 0 Å². The lowest BCUT2D eigenvalue weighted by Gasteiger charge is -2.21. The number of nitro benzene ring substituents is 1. The van der Waals surface area contributed by atoms with Gasteiger partial charge >= 0.3 is 0 Å². The predicted octanol–water partition coefficient (Wildman–Crippen LogP) is 3.13. The topological polar surface area (TPSA) is 89.8 Å². The molecule has 0 aliphatic rings. The minimum atomic E-state index is -3.83. The van der Waals surface area contributed by atoms with Crippen LogP contribution >= 0.6 is 0 Å². The molecule has 0 saturated carbocycles. The third-order valence-electron chi connectivity index (χ3n) is 3.61. The number of anilines is 1. The van der Waals surface area contributed by atoms with Crippen LogP contribution in [0.2, 0.25) is 0 Å². The Morgan fingerprint density at radius 3 is 2.33 bits per heavy atom. The molecular formula is C16H18N2O5S. The van der Waals surface area contributed by atoms with Crippen LogP contribution in [0.1, 0.15) is 12.5 Å². The zero-order chi connectivity index (χ0) is 17.9. The summed E-state index contributed by atoms with van der Waals surface area (Å²) in [5.41, 5.74) is 0.429. The van der Waals surface area contributed by atoms with E-state index in [-0.39, 0.29) is 16.3 Å². The Morgan fingerprint density at radius 1 is 1.17 bits per heavy atom. The van der Waals surface area contributed by atoms with Crippen molar-refractivity contribution in [1.82, 2.24) is 0 Å². The summed E-state index contributed by atoms with van der Waals surface area (Å²) in [4.78, 5) is 10.6. The quantitative estimate of drug-likeness (QED) is 0.590. The van der Waals surface area contributed by atoms with Gasteiger partial charge in [-0.1, -0.05) is 6.07 Å². The zero-order valence-electron chi connectivity index (χ0n) is 13.6. The Kier molecular flexibility index (Phi) is 5.08. The van der Waals surface area contributed by atoms with E-state index in [2.05, 4.69) is 0 Å². The van der Waals surface area contributed by atoms with Crippen molar-refractivity contribution in [3.8, 4) is 5.75 Å². The number of rotatable bonds is 6. The smallest absolute Gasteiger partial charge is 0.274 e. The second kappa shape index (κ2) is 6.88. The summed E-state index contributed by atoms with van der Waals surface area (Å²) < 4.78 is 31.8. The van der Waals surface area contributed by atoms with Crippen LogP contribution < -0.4 is 9.04 Å². The zero-order valence-corrected chi connectivity index (χ0v) is 14.4. The number of hydrogen-bond donors (Lipinski definition) is 0. The van der Waals surface area contributed by atoms with Gasteiger partial charge in [-0.05, 0) is 44.2 Å². The lowest BCUT2D eigenvalue weighted by Crippen LogP contribution is -2.27. The number of sulfonamides is 1. The maximum atomic E-state index is 12.8. The normalized spacial score (nSPS) is 11.1. The molecule has 0 fully saturated rings. The number of hydrogen-bond acceptors (Lipinski definition) is 5. The number of benzene rings is 2. The molecule has 0 atom stereocenters. The molecule has 0 unspecified atom stereocenters. The highest BCUT2D eigenvalue weighted by Gasteiger charge is 2.25. The second-order valence-corrected chi connectivity index (χ2v) is 7.02. The van der Waals surface area contributed by atoms with Gasteiger partial charge in [-0.25, -0.2) is 8.42 Å². The van der Waals surface area contributed by atoms with Crippen LogP contribution in [0.25, 0.3) is 0 Å². The highest BCUT2D eigenvalue weighted by molar-refractivity contribution is 7.92. The Labute approximate surface area is 140 Å². The number of nitrogens with zero attached hydrogens (tertiary/aromatic N) is 2. The molecule has 0 heterocycles. The fourth-order valence-electron chi connectivity index (χ4n) is 2.31. The summed E-state index contributed by atoms with van der Waals surface area (Å²) in [5, 5.41) is 11.0. The summed E-state index contributed by atoms with van der Waals surface area (Å²) in [6.07, 6.45) is 0. The average molecular weight is 350 g/mol. The van der Waals surface area contributed by atoms with Crippen LogP contribution in [0.4, 0.5) is 11.4 Å². The molecule has 24 heavy (non-hydrogen) atoms. The first kappa shape index (κ1) is 17.7. The highest BCUT2D eigenvalue weighted by atomic mass is 32.2. The van der Waals surface area contributed by atoms with Gasteiger partial charge in [0.25, 0.3) is 15.7 Å². The van der Waals surface area contributed by atoms with E-state index in [9.17, 15) is 18.5 Å². The van der Waals surface area contributed by atoms with Gasteiger partial charge < -0.3 is 4.74 Å². The summed E-state index contributed by atoms with van der Waals surface area (Å²) >= 11 is 0. The van der Waals surface area contributed by atoms with Crippen LogP contribution in [-0.4, -0.2) is 27.0 Å². The third kappa shape index (κ3) is 3.33. The molecule has 2 aromatic carbocycles. The molecule has 0 N–H and O–H groups in total. The molecule has 0 saturated heterocycles. The van der Waals surface area contributed by atoms with Crippen LogP contribution in [0.3, 0.4) is 0 Å². The minimum Gasteiger partial charge on any atom is -0.494 e. The van der Waals surface area contributed by atoms with Gasteiger partial charge in [0, 0.05) is 13.1 Å². The van der Waals surface area contributed by atoms with Gasteiger partial charge in [-0.15, -0.1) is 0 Å². The summed E-state index contributed by atoms with van der Waals surface area (Å²) in [5.74, 6) is 0.575. The summed E-state index contributed by atoms with van der Waals surface area (Å²) in [6.45, 7) is 3.85. The van der Waals surface area contributed by atoms with Gasteiger partial charge in [0.15, 0.2) is 0 Å². The summed E-state index contributed by atoms with van der Waals surface area (Å²) in [7, 11) is -2.46. The SMILES string of the molecule is CCOc1ccc(S(=O)(=O)N(C)c2cccc([N+](=O)[O-])c2C)cc1. The van der Waals surface area contributed by atoms with E-state index in [4.69, 9.17) is 4.74 Å². The van der Waals surface area contributed by atoms with E-state index < -0.39 is 14.9 Å². The molecule has 2 rings (SSSR count). The Balaban J connectivity index is 2.42. The standard InChI is InChI=1S/C16H18N2O5S/c1-4-23-13-8-10-14(11-9-13)24(21,22)17(3)15-6-5-7-16(12(15)2)18(19)20/h5-11H,4H2,1-3H3. The third-order valence-corrected chi connectivity index (χ3v) is 5.39. The average Bonchev–Trinajstić information content (AvgIpc) is 2.55. The molecule has 0 aliphatic carbocycles. The van der Waals surface area contributed by atoms with Crippen molar-refractivity contribution < 1.29 is 18.1 Å². The molecular weight excluding hydrogens is 332 g/mol. The van der Waals surface area contributed by atoms with Crippen molar-refractivity contribution >= 4 is 21.4 Å². The molecule has 0 radical (unpaired) electrons. The van der Waals surface area contributed by atoms with Gasteiger partial charge in [0.2, 0.25) is 0 Å². The number of ether oxygens (including phenoxy) is 1. The van der Waals surface area contributed by atoms with Gasteiger partial charge in [0.1, 0.15) is 5.75 Å². The van der Waals surface area contributed by atoms with Crippen molar-refractivity contribution in [2.75, 3.05) is 18.0 Å². The first-order valence-corrected chi connectivity index (χ1v) is 8.68. The van der Waals surface area contributed by atoms with Gasteiger partial charge in [-0.3, -0.25) is 14.4 Å². The fourth-order valence-corrected chi connectivity index (χ4v) is 3.57. The molecule has 7 nitrogen and oxygen atoms in total. The number of nitro groups is 1. The molecule has 128 valence electrons. The maximum Gasteiger partial charge on any atom is 0.274 e. The Bertz CT molecular complexity index is 847. The van der Waals surface area contributed by atoms with Crippen molar-refractivity contribution in [2.45, 2.75) is 18.7 Å². The van der Waals surface area contributed by atoms with Crippen molar-refractivity contribution in [2.24, 2.45) is 0 Å². The largest absolute Gasteiger partial charge is 0.494 e. The first-order chi connectivity index (χ1) is 11.3. The lowest BCUT2D eigenvalue weighted by atomic mass is 10.1. The molecule has 0 amide bonds. The molecule has 8 heteroatoms. The van der Waals surface area contributed by atoms with Crippen LogP contribution in [0, 0.1) is 17.0 Å². The monoisotopic (exact) mass is 350 g/mol. The predicted molar refractivity (Wildman–Crippen MR) is 91.0 cm³/mol. The van der Waals surface area contributed by atoms with E-state index >= 15 is 0 Å². The van der Waals surface area contributed by atoms with Crippen LogP contribution in [0.15, 0.2) is 47.4 Å². The summed E-state index contributed by atoms with van der Waals surface area (Å²) in [6, 6.07) is 10.4. The van der Waals surface area contributed by atoms with Gasteiger partial charge in [-0.2, -0.15) is 0 Å². The molecule has 0 aliphatic heterocycles. The van der Waals surface area contributed by atoms with Crippen LogP contribution in [0.5, 0.6) is 5.75 Å². The first-order valence-electron chi connectivity index (χ1n) is 7.24. The highest BCUT2D eigenvalue weighted by Crippen LogP contribution is 2.31. The fraction of sp³-hybridized carbons (Fsp3) is 0.250. The van der Waals surface area contributed by atoms with Crippen LogP contribution in [-0.2, 0) is 10.0 Å². The van der Waals surface area contributed by atoms with Crippen molar-refractivity contribution in [1.29, 1.82) is 0 Å². The lowest BCUT2D eigenvalue weighted by molar-refractivity contribution is -0.385. The van der Waals surface area contributed by atoms with E-state index in [0.717, 1.165) is 4.31 Å². The Hall–Kier alpha value is -2.61. The van der Waals surface area contributed by atoms with E-state index in [1.54, 1.807) is 12.1 Å². The van der Waals surface area contributed by atoms with Crippen molar-refractivity contribution in [3.05, 3.63) is 58.1 Å². The minimum absolute atomic E-state index is 0.0827. The maximum absolute atomic E-state index is 12.8. The van der Waals surface area contributed by atoms with E-state index in [0.29, 0.717) is 17.9 Å².